The predicted molar refractivity (Wildman–Crippen MR) is 293 cm³/mol. The molecule has 0 amide bonds. The van der Waals surface area contributed by atoms with Gasteiger partial charge in [-0.3, -0.25) is 14.4 Å². The maximum absolute atomic E-state index is 12.8. The van der Waals surface area contributed by atoms with E-state index in [1.807, 2.05) is 0 Å². The lowest BCUT2D eigenvalue weighted by Gasteiger charge is -2.18. The number of hydrogen-bond acceptors (Lipinski definition) is 6. The Kier molecular flexibility index (Phi) is 54.3. The van der Waals surface area contributed by atoms with E-state index in [0.717, 1.165) is 89.9 Å². The van der Waals surface area contributed by atoms with Crippen molar-refractivity contribution in [3.63, 3.8) is 0 Å². The first-order valence-electron chi connectivity index (χ1n) is 29.3. The van der Waals surface area contributed by atoms with Gasteiger partial charge in [0.15, 0.2) is 6.10 Å². The Hall–Kier alpha value is -2.89. The number of hydrogen-bond donors (Lipinski definition) is 0. The zero-order valence-electron chi connectivity index (χ0n) is 45.1. The molecule has 0 heterocycles. The molecule has 0 aromatic heterocycles. The van der Waals surface area contributed by atoms with Crippen LogP contribution in [0.4, 0.5) is 0 Å². The highest BCUT2D eigenvalue weighted by Crippen LogP contribution is 2.16. The van der Waals surface area contributed by atoms with Crippen molar-refractivity contribution in [3.05, 3.63) is 60.8 Å². The number of allylic oxidation sites excluding steroid dienone is 10. The molecule has 0 saturated heterocycles. The van der Waals surface area contributed by atoms with E-state index >= 15 is 0 Å². The molecule has 0 aromatic carbocycles. The van der Waals surface area contributed by atoms with Gasteiger partial charge in [0.05, 0.1) is 0 Å². The topological polar surface area (TPSA) is 78.9 Å². The molecule has 0 aromatic rings. The molecular weight excluding hydrogens is 841 g/mol. The van der Waals surface area contributed by atoms with Crippen molar-refractivity contribution in [2.45, 2.75) is 303 Å². The first kappa shape index (κ1) is 65.1. The smallest absolute Gasteiger partial charge is 0.306 e. The van der Waals surface area contributed by atoms with Crippen molar-refractivity contribution >= 4 is 17.9 Å². The van der Waals surface area contributed by atoms with Crippen molar-refractivity contribution in [3.8, 4) is 0 Å². The lowest BCUT2D eigenvalue weighted by molar-refractivity contribution is -0.167. The van der Waals surface area contributed by atoms with Gasteiger partial charge in [-0.2, -0.15) is 0 Å². The fraction of sp³-hybridized carbons (Fsp3) is 0.790. The predicted octanol–water partition coefficient (Wildman–Crippen LogP) is 19.6. The van der Waals surface area contributed by atoms with Gasteiger partial charge in [0.1, 0.15) is 13.2 Å². The van der Waals surface area contributed by atoms with Gasteiger partial charge in [0.25, 0.3) is 0 Å². The zero-order chi connectivity index (χ0) is 49.3. The molecule has 6 heteroatoms. The van der Waals surface area contributed by atoms with E-state index in [2.05, 4.69) is 81.5 Å². The molecule has 6 nitrogen and oxygen atoms in total. The highest BCUT2D eigenvalue weighted by molar-refractivity contribution is 5.71. The quantitative estimate of drug-likeness (QED) is 0.0262. The Morgan fingerprint density at radius 2 is 0.574 bits per heavy atom. The van der Waals surface area contributed by atoms with Crippen LogP contribution in [-0.2, 0) is 28.6 Å². The van der Waals surface area contributed by atoms with Gasteiger partial charge in [-0.15, -0.1) is 0 Å². The fourth-order valence-corrected chi connectivity index (χ4v) is 8.33. The van der Waals surface area contributed by atoms with Crippen molar-refractivity contribution in [2.75, 3.05) is 13.2 Å². The summed E-state index contributed by atoms with van der Waals surface area (Å²) in [5.74, 6) is -0.918. The van der Waals surface area contributed by atoms with Crippen molar-refractivity contribution < 1.29 is 28.6 Å². The van der Waals surface area contributed by atoms with E-state index in [0.29, 0.717) is 19.3 Å². The van der Waals surface area contributed by atoms with Crippen LogP contribution in [-0.4, -0.2) is 37.2 Å². The minimum atomic E-state index is -0.791. The molecule has 0 bridgehead atoms. The Bertz CT molecular complexity index is 1230. The summed E-state index contributed by atoms with van der Waals surface area (Å²) >= 11 is 0. The van der Waals surface area contributed by atoms with E-state index in [4.69, 9.17) is 14.2 Å². The van der Waals surface area contributed by atoms with E-state index in [1.165, 1.54) is 167 Å². The minimum absolute atomic E-state index is 0.0875. The van der Waals surface area contributed by atoms with Gasteiger partial charge in [-0.1, -0.05) is 236 Å². The number of carbonyl (C=O) groups is 3. The SMILES string of the molecule is CC/C=C\C/C=C\C/C=C\CCCCCC(=O)OC(COC(=O)CCCCCCC/C=C\CCCCC)COC(=O)CCCCCCCCCCCCCCC/C=C\CCCCCCCCCC. The van der Waals surface area contributed by atoms with Crippen molar-refractivity contribution in [1.29, 1.82) is 0 Å². The van der Waals surface area contributed by atoms with Crippen LogP contribution in [0.5, 0.6) is 0 Å². The summed E-state index contributed by atoms with van der Waals surface area (Å²) in [6.07, 6.45) is 70.9. The van der Waals surface area contributed by atoms with Gasteiger partial charge >= 0.3 is 17.9 Å². The van der Waals surface area contributed by atoms with Crippen LogP contribution in [0.15, 0.2) is 60.8 Å². The lowest BCUT2D eigenvalue weighted by Crippen LogP contribution is -2.30. The van der Waals surface area contributed by atoms with E-state index in [1.54, 1.807) is 0 Å². The molecule has 68 heavy (non-hydrogen) atoms. The van der Waals surface area contributed by atoms with Crippen LogP contribution >= 0.6 is 0 Å². The molecule has 1 atom stereocenters. The van der Waals surface area contributed by atoms with Crippen LogP contribution in [0, 0.1) is 0 Å². The van der Waals surface area contributed by atoms with Crippen molar-refractivity contribution in [1.82, 2.24) is 0 Å². The number of esters is 3. The molecule has 0 aliphatic heterocycles. The first-order valence-corrected chi connectivity index (χ1v) is 29.3. The van der Waals surface area contributed by atoms with Gasteiger partial charge in [-0.25, -0.2) is 0 Å². The molecule has 0 saturated carbocycles. The summed E-state index contributed by atoms with van der Waals surface area (Å²) < 4.78 is 16.8. The number of ether oxygens (including phenoxy) is 3. The second-order valence-corrected chi connectivity index (χ2v) is 19.5. The van der Waals surface area contributed by atoms with Crippen molar-refractivity contribution in [2.24, 2.45) is 0 Å². The molecule has 0 rings (SSSR count). The number of unbranched alkanes of at least 4 members (excludes halogenated alkanes) is 32. The monoisotopic (exact) mass is 951 g/mol. The normalized spacial score (nSPS) is 12.5. The zero-order valence-corrected chi connectivity index (χ0v) is 45.1. The molecule has 0 N–H and O–H groups in total. The van der Waals surface area contributed by atoms with Gasteiger partial charge in [-0.05, 0) is 103 Å². The van der Waals surface area contributed by atoms with Gasteiger partial charge in [0, 0.05) is 19.3 Å². The van der Waals surface area contributed by atoms with Crippen LogP contribution in [0.25, 0.3) is 0 Å². The van der Waals surface area contributed by atoms with Gasteiger partial charge in [0.2, 0.25) is 0 Å². The Balaban J connectivity index is 4.23. The molecule has 0 aliphatic rings. The Morgan fingerprint density at radius 1 is 0.309 bits per heavy atom. The Labute approximate surface area is 421 Å². The molecular formula is C62H110O6. The van der Waals surface area contributed by atoms with Crippen LogP contribution in [0.2, 0.25) is 0 Å². The first-order chi connectivity index (χ1) is 33.5. The number of carbonyl (C=O) groups excluding carboxylic acids is 3. The standard InChI is InChI=1S/C62H110O6/c1-4-7-10-13-16-19-22-25-26-27-28-29-30-31-32-33-34-35-36-38-40-43-46-49-52-55-61(64)67-58-59(57-66-60(63)54-51-48-45-42-39-24-21-18-15-12-9-6-3)68-62(65)56-53-50-47-44-41-37-23-20-17-14-11-8-5-2/h8,11,17-18,20-21,27-28,37,41,59H,4-7,9-10,12-16,19,22-26,29-36,38-40,42-58H2,1-3H3/b11-8-,20-17-,21-18-,28-27-,41-37-. The fourth-order valence-electron chi connectivity index (χ4n) is 8.33. The van der Waals surface area contributed by atoms with Crippen LogP contribution < -0.4 is 0 Å². The summed E-state index contributed by atoms with van der Waals surface area (Å²) in [4.78, 5) is 38.1. The van der Waals surface area contributed by atoms with E-state index in [9.17, 15) is 14.4 Å². The molecule has 394 valence electrons. The second kappa shape index (κ2) is 56.7. The maximum atomic E-state index is 12.8. The summed E-state index contributed by atoms with van der Waals surface area (Å²) in [6, 6.07) is 0. The Morgan fingerprint density at radius 3 is 0.956 bits per heavy atom. The average molecular weight is 952 g/mol. The maximum Gasteiger partial charge on any atom is 0.306 e. The average Bonchev–Trinajstić information content (AvgIpc) is 3.34. The molecule has 0 fully saturated rings. The second-order valence-electron chi connectivity index (χ2n) is 19.5. The third-order valence-electron chi connectivity index (χ3n) is 12.7. The molecule has 0 aliphatic carbocycles. The summed E-state index contributed by atoms with van der Waals surface area (Å²) in [5.41, 5.74) is 0. The molecule has 0 radical (unpaired) electrons. The third kappa shape index (κ3) is 54.1. The largest absolute Gasteiger partial charge is 0.462 e. The van der Waals surface area contributed by atoms with Crippen LogP contribution in [0.1, 0.15) is 297 Å². The molecule has 1 unspecified atom stereocenters. The summed E-state index contributed by atoms with van der Waals surface area (Å²) in [6.45, 7) is 6.49. The number of rotatable bonds is 53. The van der Waals surface area contributed by atoms with E-state index in [-0.39, 0.29) is 31.1 Å². The summed E-state index contributed by atoms with van der Waals surface area (Å²) in [7, 11) is 0. The lowest BCUT2D eigenvalue weighted by atomic mass is 10.0. The molecule has 0 spiro atoms. The minimum Gasteiger partial charge on any atom is -0.462 e. The van der Waals surface area contributed by atoms with Gasteiger partial charge < -0.3 is 14.2 Å². The third-order valence-corrected chi connectivity index (χ3v) is 12.7. The highest BCUT2D eigenvalue weighted by atomic mass is 16.6. The highest BCUT2D eigenvalue weighted by Gasteiger charge is 2.19. The van der Waals surface area contributed by atoms with E-state index < -0.39 is 6.10 Å². The van der Waals surface area contributed by atoms with Crippen LogP contribution in [0.3, 0.4) is 0 Å². The summed E-state index contributed by atoms with van der Waals surface area (Å²) in [5, 5.41) is 0.